The van der Waals surface area contributed by atoms with Gasteiger partial charge in [-0.25, -0.2) is 0 Å². The molecular formula is C41H56B2N2O8. The number of nitrogens with zero attached hydrogens (tertiary/aromatic N) is 2. The van der Waals surface area contributed by atoms with Gasteiger partial charge in [-0.05, 0) is 89.2 Å². The second kappa shape index (κ2) is 14.1. The van der Waals surface area contributed by atoms with Gasteiger partial charge >= 0.3 is 26.2 Å². The molecule has 0 spiro atoms. The lowest BCUT2D eigenvalue weighted by molar-refractivity contribution is -0.199. The molecular weight excluding hydrogens is 670 g/mol. The predicted molar refractivity (Wildman–Crippen MR) is 202 cm³/mol. The van der Waals surface area contributed by atoms with Crippen LogP contribution in [-0.2, 0) is 50.8 Å². The summed E-state index contributed by atoms with van der Waals surface area (Å²) < 4.78 is 37.1. The smallest absolute Gasteiger partial charge is 0.468 e. The summed E-state index contributed by atoms with van der Waals surface area (Å²) in [5.41, 5.74) is 4.30. The maximum absolute atomic E-state index is 12.8. The van der Waals surface area contributed by atoms with Gasteiger partial charge in [0.2, 0.25) is 0 Å². The van der Waals surface area contributed by atoms with Crippen molar-refractivity contribution in [2.75, 3.05) is 40.4 Å². The minimum atomic E-state index is -0.468. The van der Waals surface area contributed by atoms with Crippen LogP contribution in [-0.4, -0.2) is 100 Å². The average Bonchev–Trinajstić information content (AvgIpc) is 3.74. The maximum Gasteiger partial charge on any atom is 0.494 e. The molecule has 0 aromatic heterocycles. The molecule has 53 heavy (non-hydrogen) atoms. The zero-order valence-corrected chi connectivity index (χ0v) is 32.5. The Balaban J connectivity index is 0.979. The second-order valence-electron chi connectivity index (χ2n) is 18.0. The van der Waals surface area contributed by atoms with Gasteiger partial charge < -0.3 is 28.1 Å². The highest BCUT2D eigenvalue weighted by atomic mass is 16.7. The number of methoxy groups -OCH3 is 2. The van der Waals surface area contributed by atoms with Crippen molar-refractivity contribution in [1.82, 2.24) is 9.80 Å². The molecule has 8 fully saturated rings. The van der Waals surface area contributed by atoms with Crippen molar-refractivity contribution < 1.29 is 37.7 Å². The van der Waals surface area contributed by atoms with E-state index >= 15 is 0 Å². The summed E-state index contributed by atoms with van der Waals surface area (Å²) in [5, 5.41) is 0. The summed E-state index contributed by atoms with van der Waals surface area (Å²) in [4.78, 5) is 29.7. The van der Waals surface area contributed by atoms with Gasteiger partial charge in [-0.1, -0.05) is 76.2 Å². The van der Waals surface area contributed by atoms with Crippen LogP contribution in [0.5, 0.6) is 0 Å². The van der Waals surface area contributed by atoms with Crippen LogP contribution in [0.1, 0.15) is 71.4 Å². The SMILES string of the molecule is COC(=O)CN(CCN(CC(=O)OC)Cc1ccccc1B1O[C@H]2C[C@H]3C[C@H](C3(C)C)[C@@]2(C)O1)Cc1ccccc1B1OC2[C@H](C[C@H]3C[C@@H]2C3(C)C)O1. The third-order valence-electron chi connectivity index (χ3n) is 14.7. The van der Waals surface area contributed by atoms with Crippen molar-refractivity contribution in [3.05, 3.63) is 59.7 Å². The molecule has 2 heterocycles. The van der Waals surface area contributed by atoms with E-state index in [2.05, 4.69) is 68.7 Å². The third-order valence-corrected chi connectivity index (χ3v) is 14.7. The zero-order valence-electron chi connectivity index (χ0n) is 32.5. The fraction of sp³-hybridized carbons (Fsp3) is 0.659. The Labute approximate surface area is 315 Å². The highest BCUT2D eigenvalue weighted by molar-refractivity contribution is 6.63. The van der Waals surface area contributed by atoms with Crippen LogP contribution in [0.3, 0.4) is 0 Å². The monoisotopic (exact) mass is 726 g/mol. The van der Waals surface area contributed by atoms with Crippen LogP contribution in [0, 0.1) is 34.5 Å². The molecule has 0 amide bonds. The van der Waals surface area contributed by atoms with Crippen molar-refractivity contribution >= 4 is 37.1 Å². The highest BCUT2D eigenvalue weighted by Crippen LogP contribution is 2.66. The van der Waals surface area contributed by atoms with E-state index in [0.29, 0.717) is 49.9 Å². The topological polar surface area (TPSA) is 96.0 Å². The van der Waals surface area contributed by atoms with Crippen LogP contribution in [0.25, 0.3) is 0 Å². The van der Waals surface area contributed by atoms with E-state index in [0.717, 1.165) is 34.9 Å². The highest BCUT2D eigenvalue weighted by Gasteiger charge is 2.68. The first kappa shape index (κ1) is 37.2. The molecule has 284 valence electrons. The Kier molecular flexibility index (Phi) is 9.89. The van der Waals surface area contributed by atoms with E-state index in [1.165, 1.54) is 27.1 Å². The molecule has 4 bridgehead atoms. The van der Waals surface area contributed by atoms with E-state index in [4.69, 9.17) is 28.1 Å². The number of rotatable bonds is 13. The van der Waals surface area contributed by atoms with Crippen LogP contribution in [0.4, 0.5) is 0 Å². The number of esters is 2. The molecule has 10 rings (SSSR count). The Bertz CT molecular complexity index is 1710. The molecule has 2 aromatic rings. The van der Waals surface area contributed by atoms with Gasteiger partial charge in [-0.3, -0.25) is 19.4 Å². The van der Waals surface area contributed by atoms with Crippen LogP contribution in [0.15, 0.2) is 48.5 Å². The van der Waals surface area contributed by atoms with Gasteiger partial charge in [0.05, 0.1) is 51.2 Å². The molecule has 2 aromatic carbocycles. The summed E-state index contributed by atoms with van der Waals surface area (Å²) in [5.74, 6) is 1.69. The fourth-order valence-corrected chi connectivity index (χ4v) is 11.0. The summed E-state index contributed by atoms with van der Waals surface area (Å²) in [6, 6.07) is 16.4. The van der Waals surface area contributed by atoms with Gasteiger partial charge in [0.15, 0.2) is 0 Å². The first-order valence-corrected chi connectivity index (χ1v) is 19.7. The predicted octanol–water partition coefficient (Wildman–Crippen LogP) is 3.82. The Morgan fingerprint density at radius 1 is 0.717 bits per heavy atom. The van der Waals surface area contributed by atoms with Crippen molar-refractivity contribution in [3.8, 4) is 0 Å². The van der Waals surface area contributed by atoms with Gasteiger partial charge in [0.1, 0.15) is 0 Å². The largest absolute Gasteiger partial charge is 0.494 e. The molecule has 2 aliphatic heterocycles. The van der Waals surface area contributed by atoms with Gasteiger partial charge in [0.25, 0.3) is 0 Å². The Hall–Kier alpha value is -2.73. The first-order chi connectivity index (χ1) is 25.3. The number of benzene rings is 2. The zero-order chi connectivity index (χ0) is 37.3. The minimum Gasteiger partial charge on any atom is -0.468 e. The van der Waals surface area contributed by atoms with Gasteiger partial charge in [-0.2, -0.15) is 0 Å². The normalized spacial score (nSPS) is 32.9. The minimum absolute atomic E-state index is 0.0693. The molecule has 8 aliphatic rings. The van der Waals surface area contributed by atoms with Crippen molar-refractivity contribution in [2.45, 2.75) is 97.3 Å². The maximum atomic E-state index is 12.8. The number of hydrogen-bond acceptors (Lipinski definition) is 10. The molecule has 1 unspecified atom stereocenters. The van der Waals surface area contributed by atoms with Crippen molar-refractivity contribution in [3.63, 3.8) is 0 Å². The molecule has 8 atom stereocenters. The molecule has 0 radical (unpaired) electrons. The van der Waals surface area contributed by atoms with Crippen molar-refractivity contribution in [2.24, 2.45) is 34.5 Å². The van der Waals surface area contributed by atoms with E-state index < -0.39 is 14.2 Å². The summed E-state index contributed by atoms with van der Waals surface area (Å²) in [7, 11) is 1.92. The standard InChI is InChI=1S/C41H56B2N2O8/c1-39(2)28-18-30(39)38-33(19-28)50-42(52-38)31-14-10-8-12-26(31)22-44(24-36(46)48-6)16-17-45(25-37(47)49-7)23-27-13-9-11-15-32(27)43-51-35-21-29-20-34(40(29,3)4)41(35,5)53-43/h8-15,28-30,33-35,38H,16-25H2,1-7H3/t28-,29-,30+,33+,34-,35+,38?,41-/m1/s1. The quantitative estimate of drug-likeness (QED) is 0.224. The number of hydrogen-bond donors (Lipinski definition) is 0. The lowest BCUT2D eigenvalue weighted by Gasteiger charge is -2.64. The third kappa shape index (κ3) is 6.59. The first-order valence-electron chi connectivity index (χ1n) is 19.7. The lowest BCUT2D eigenvalue weighted by atomic mass is 9.43. The number of carbonyl (C=O) groups is 2. The van der Waals surface area contributed by atoms with Crippen LogP contribution in [0.2, 0.25) is 0 Å². The van der Waals surface area contributed by atoms with Crippen LogP contribution >= 0.6 is 0 Å². The Morgan fingerprint density at radius 3 is 1.85 bits per heavy atom. The summed E-state index contributed by atoms with van der Waals surface area (Å²) in [6.45, 7) is 13.9. The number of carbonyl (C=O) groups excluding carboxylic acids is 2. The van der Waals surface area contributed by atoms with Gasteiger partial charge in [-0.15, -0.1) is 0 Å². The summed E-state index contributed by atoms with van der Waals surface area (Å²) >= 11 is 0. The molecule has 12 heteroatoms. The fourth-order valence-electron chi connectivity index (χ4n) is 11.0. The van der Waals surface area contributed by atoms with Gasteiger partial charge in [0, 0.05) is 26.2 Å². The number of ether oxygens (including phenoxy) is 2. The molecule has 6 saturated carbocycles. The molecule has 2 saturated heterocycles. The molecule has 10 nitrogen and oxygen atoms in total. The van der Waals surface area contributed by atoms with E-state index in [-0.39, 0.29) is 59.8 Å². The van der Waals surface area contributed by atoms with Crippen LogP contribution < -0.4 is 10.9 Å². The Morgan fingerprint density at radius 2 is 1.28 bits per heavy atom. The molecule has 6 aliphatic carbocycles. The second-order valence-corrected chi connectivity index (χ2v) is 18.0. The van der Waals surface area contributed by atoms with Crippen molar-refractivity contribution in [1.29, 1.82) is 0 Å². The van der Waals surface area contributed by atoms with E-state index in [1.807, 2.05) is 24.3 Å². The lowest BCUT2D eigenvalue weighted by Crippen LogP contribution is -2.65. The average molecular weight is 727 g/mol. The van der Waals surface area contributed by atoms with E-state index in [9.17, 15) is 9.59 Å². The van der Waals surface area contributed by atoms with E-state index in [1.54, 1.807) is 0 Å². The summed E-state index contributed by atoms with van der Waals surface area (Å²) in [6.07, 6.45) is 4.77. The molecule has 0 N–H and O–H groups in total.